The molecule has 1 spiro atoms. The first kappa shape index (κ1) is 27.1. The average molecular weight is 526 g/mol. The molecule has 9 heteroatoms. The minimum atomic E-state index is -0.501. The van der Waals surface area contributed by atoms with Gasteiger partial charge in [0, 0.05) is 57.5 Å². The van der Waals surface area contributed by atoms with Gasteiger partial charge in [0.05, 0.1) is 32.0 Å². The molecule has 9 nitrogen and oxygen atoms in total. The molecule has 3 N–H and O–H groups in total. The summed E-state index contributed by atoms with van der Waals surface area (Å²) in [5.41, 5.74) is 3.90. The van der Waals surface area contributed by atoms with Crippen LogP contribution in [0.15, 0.2) is 48.5 Å². The molecule has 0 aromatic heterocycles. The number of likely N-dealkylation sites (tertiary alicyclic amines) is 1. The molecule has 206 valence electrons. The summed E-state index contributed by atoms with van der Waals surface area (Å²) < 4.78 is 24.8. The molecule has 5 rings (SSSR count). The monoisotopic (exact) mass is 525 g/mol. The summed E-state index contributed by atoms with van der Waals surface area (Å²) in [5.74, 6) is -0.389. The Kier molecular flexibility index (Phi) is 8.93. The highest BCUT2D eigenvalue weighted by Crippen LogP contribution is 2.39. The Morgan fingerprint density at radius 2 is 1.61 bits per heavy atom. The molecule has 2 aromatic carbocycles. The number of hydrogen-bond acceptors (Lipinski definition) is 7. The number of nitrogens with one attached hydrogen (secondary N) is 2. The van der Waals surface area contributed by atoms with Crippen LogP contribution in [0.5, 0.6) is 0 Å². The SMILES string of the molecule is CCNC(=O)NCc1ccc([C@H]2O[C@@H](CN3CCC4(CC3)OCCO4)C[C@@H](c3ccc(CO)cc3)O2)cc1. The van der Waals surface area contributed by atoms with E-state index in [2.05, 4.69) is 15.5 Å². The van der Waals surface area contributed by atoms with E-state index in [1.165, 1.54) is 0 Å². The third kappa shape index (κ3) is 6.72. The van der Waals surface area contributed by atoms with Gasteiger partial charge in [0.2, 0.25) is 0 Å². The molecule has 2 amide bonds. The van der Waals surface area contributed by atoms with Gasteiger partial charge in [0.25, 0.3) is 0 Å². The summed E-state index contributed by atoms with van der Waals surface area (Å²) in [6.07, 6.45) is 1.87. The first-order valence-corrected chi connectivity index (χ1v) is 13.7. The van der Waals surface area contributed by atoms with Crippen LogP contribution in [0, 0.1) is 0 Å². The van der Waals surface area contributed by atoms with Crippen LogP contribution >= 0.6 is 0 Å². The lowest BCUT2D eigenvalue weighted by Gasteiger charge is -2.41. The summed E-state index contributed by atoms with van der Waals surface area (Å²) in [6.45, 7) is 6.95. The number of carbonyl (C=O) groups excluding carboxylic acids is 1. The third-order valence-corrected chi connectivity index (χ3v) is 7.55. The van der Waals surface area contributed by atoms with Crippen LogP contribution in [-0.2, 0) is 32.1 Å². The van der Waals surface area contributed by atoms with Gasteiger partial charge >= 0.3 is 6.03 Å². The zero-order valence-electron chi connectivity index (χ0n) is 22.1. The number of aliphatic hydroxyl groups is 1. The largest absolute Gasteiger partial charge is 0.392 e. The number of urea groups is 1. The fraction of sp³-hybridized carbons (Fsp3) is 0.552. The Morgan fingerprint density at radius 1 is 0.947 bits per heavy atom. The maximum absolute atomic E-state index is 11.7. The summed E-state index contributed by atoms with van der Waals surface area (Å²) >= 11 is 0. The first-order chi connectivity index (χ1) is 18.6. The Labute approximate surface area is 224 Å². The van der Waals surface area contributed by atoms with Gasteiger partial charge < -0.3 is 39.6 Å². The second kappa shape index (κ2) is 12.5. The van der Waals surface area contributed by atoms with Gasteiger partial charge in [0.1, 0.15) is 0 Å². The van der Waals surface area contributed by atoms with Crippen molar-refractivity contribution >= 4 is 6.03 Å². The number of hydrogen-bond donors (Lipinski definition) is 3. The summed E-state index contributed by atoms with van der Waals surface area (Å²) in [7, 11) is 0. The normalized spacial score (nSPS) is 25.4. The van der Waals surface area contributed by atoms with Crippen LogP contribution in [0.2, 0.25) is 0 Å². The fourth-order valence-corrected chi connectivity index (χ4v) is 5.38. The molecule has 0 bridgehead atoms. The Balaban J connectivity index is 1.26. The lowest BCUT2D eigenvalue weighted by Crippen LogP contribution is -2.48. The van der Waals surface area contributed by atoms with Crippen molar-refractivity contribution in [1.82, 2.24) is 15.5 Å². The lowest BCUT2D eigenvalue weighted by atomic mass is 9.98. The molecule has 3 aliphatic heterocycles. The van der Waals surface area contributed by atoms with Crippen molar-refractivity contribution in [2.45, 2.75) is 63.6 Å². The molecule has 0 radical (unpaired) electrons. The van der Waals surface area contributed by atoms with Crippen molar-refractivity contribution < 1.29 is 28.8 Å². The Morgan fingerprint density at radius 3 is 2.26 bits per heavy atom. The van der Waals surface area contributed by atoms with Crippen molar-refractivity contribution in [3.8, 4) is 0 Å². The van der Waals surface area contributed by atoms with Gasteiger partial charge in [-0.15, -0.1) is 0 Å². The van der Waals surface area contributed by atoms with Gasteiger partial charge in [-0.2, -0.15) is 0 Å². The van der Waals surface area contributed by atoms with Crippen molar-refractivity contribution in [2.75, 3.05) is 39.4 Å². The van der Waals surface area contributed by atoms with E-state index < -0.39 is 6.29 Å². The number of carbonyl (C=O) groups is 1. The van der Waals surface area contributed by atoms with Gasteiger partial charge in [0.15, 0.2) is 12.1 Å². The lowest BCUT2D eigenvalue weighted by molar-refractivity contribution is -0.255. The van der Waals surface area contributed by atoms with E-state index in [0.717, 1.165) is 61.2 Å². The molecule has 0 unspecified atom stereocenters. The number of aliphatic hydroxyl groups excluding tert-OH is 1. The molecule has 3 saturated heterocycles. The first-order valence-electron chi connectivity index (χ1n) is 13.7. The number of nitrogens with zero attached hydrogens (tertiary/aromatic N) is 1. The van der Waals surface area contributed by atoms with Crippen molar-refractivity contribution in [1.29, 1.82) is 0 Å². The number of ether oxygens (including phenoxy) is 4. The van der Waals surface area contributed by atoms with E-state index in [4.69, 9.17) is 18.9 Å². The number of piperidine rings is 1. The van der Waals surface area contributed by atoms with Gasteiger partial charge in [-0.25, -0.2) is 4.79 Å². The second-order valence-electron chi connectivity index (χ2n) is 10.2. The zero-order chi connectivity index (χ0) is 26.4. The molecule has 38 heavy (non-hydrogen) atoms. The van der Waals surface area contributed by atoms with E-state index >= 15 is 0 Å². The predicted molar refractivity (Wildman–Crippen MR) is 141 cm³/mol. The average Bonchev–Trinajstić information content (AvgIpc) is 3.41. The van der Waals surface area contributed by atoms with Crippen molar-refractivity contribution in [3.05, 3.63) is 70.8 Å². The summed E-state index contributed by atoms with van der Waals surface area (Å²) in [6, 6.07) is 15.8. The van der Waals surface area contributed by atoms with Crippen LogP contribution in [0.25, 0.3) is 0 Å². The van der Waals surface area contributed by atoms with Gasteiger partial charge in [-0.05, 0) is 23.6 Å². The number of benzene rings is 2. The number of rotatable bonds is 8. The highest BCUT2D eigenvalue weighted by molar-refractivity contribution is 5.73. The maximum atomic E-state index is 11.7. The van der Waals surface area contributed by atoms with E-state index in [9.17, 15) is 9.90 Å². The molecule has 0 saturated carbocycles. The van der Waals surface area contributed by atoms with Crippen LogP contribution in [-0.4, -0.2) is 67.3 Å². The smallest absolute Gasteiger partial charge is 0.315 e. The van der Waals surface area contributed by atoms with Crippen LogP contribution < -0.4 is 10.6 Å². The highest BCUT2D eigenvalue weighted by atomic mass is 16.7. The molecule has 3 atom stereocenters. The van der Waals surface area contributed by atoms with Crippen LogP contribution in [0.3, 0.4) is 0 Å². The van der Waals surface area contributed by atoms with E-state index in [0.29, 0.717) is 26.3 Å². The molecule has 3 aliphatic rings. The minimum Gasteiger partial charge on any atom is -0.392 e. The molecule has 0 aliphatic carbocycles. The number of amides is 2. The van der Waals surface area contributed by atoms with Crippen LogP contribution in [0.4, 0.5) is 4.79 Å². The Hall–Kier alpha value is -2.53. The zero-order valence-corrected chi connectivity index (χ0v) is 22.1. The van der Waals surface area contributed by atoms with E-state index in [1.807, 2.05) is 55.5 Å². The van der Waals surface area contributed by atoms with E-state index in [1.54, 1.807) is 0 Å². The van der Waals surface area contributed by atoms with Crippen LogP contribution in [0.1, 0.15) is 60.8 Å². The maximum Gasteiger partial charge on any atom is 0.315 e. The molecule has 3 fully saturated rings. The molecular formula is C29H39N3O6. The third-order valence-electron chi connectivity index (χ3n) is 7.55. The fourth-order valence-electron chi connectivity index (χ4n) is 5.38. The van der Waals surface area contributed by atoms with Gasteiger partial charge in [-0.3, -0.25) is 0 Å². The molecule has 2 aromatic rings. The highest BCUT2D eigenvalue weighted by Gasteiger charge is 2.41. The molecular weight excluding hydrogens is 486 g/mol. The predicted octanol–water partition coefficient (Wildman–Crippen LogP) is 3.38. The van der Waals surface area contributed by atoms with Crippen molar-refractivity contribution in [3.63, 3.8) is 0 Å². The summed E-state index contributed by atoms with van der Waals surface area (Å²) in [4.78, 5) is 14.2. The quantitative estimate of drug-likeness (QED) is 0.486. The second-order valence-corrected chi connectivity index (χ2v) is 10.2. The standard InChI is InChI=1S/C29H39N3O6/c1-2-30-28(34)31-18-21-3-9-24(10-4-21)27-37-25(17-26(38-27)23-7-5-22(20-33)6-8-23)19-32-13-11-29(12-14-32)35-15-16-36-29/h3-10,25-27,33H,2,11-20H2,1H3,(H2,30,31,34)/t25-,26+,27+/m1/s1. The topological polar surface area (TPSA) is 102 Å². The van der Waals surface area contributed by atoms with Gasteiger partial charge in [-0.1, -0.05) is 48.5 Å². The molecule has 3 heterocycles. The van der Waals surface area contributed by atoms with E-state index in [-0.39, 0.29) is 30.6 Å². The summed E-state index contributed by atoms with van der Waals surface area (Å²) in [5, 5.41) is 15.0. The minimum absolute atomic E-state index is 0.00480. The Bertz CT molecular complexity index is 1030. The van der Waals surface area contributed by atoms with Crippen molar-refractivity contribution in [2.24, 2.45) is 0 Å².